The Bertz CT molecular complexity index is 893. The highest BCUT2D eigenvalue weighted by molar-refractivity contribution is 5.88. The highest BCUT2D eigenvalue weighted by Gasteiger charge is 2.27. The molecule has 0 aliphatic rings. The lowest BCUT2D eigenvalue weighted by atomic mass is 10.1. The van der Waals surface area contributed by atoms with Crippen LogP contribution in [0, 0.1) is 6.92 Å². The number of benzene rings is 2. The molecular formula is C25H34N2O5. The normalized spacial score (nSPS) is 12.4. The van der Waals surface area contributed by atoms with Gasteiger partial charge in [0.05, 0.1) is 14.2 Å². The number of carbonyl (C=O) groups is 2. The van der Waals surface area contributed by atoms with Crippen molar-refractivity contribution in [2.75, 3.05) is 20.8 Å². The van der Waals surface area contributed by atoms with E-state index in [-0.39, 0.29) is 24.5 Å². The number of hydrogen-bond acceptors (Lipinski definition) is 5. The molecule has 0 aromatic heterocycles. The molecule has 2 aromatic carbocycles. The highest BCUT2D eigenvalue weighted by atomic mass is 16.5. The van der Waals surface area contributed by atoms with Crippen LogP contribution in [0.1, 0.15) is 38.3 Å². The molecule has 2 rings (SSSR count). The molecule has 0 unspecified atom stereocenters. The molecule has 32 heavy (non-hydrogen) atoms. The average molecular weight is 443 g/mol. The van der Waals surface area contributed by atoms with Gasteiger partial charge in [0.25, 0.3) is 5.91 Å². The maximum Gasteiger partial charge on any atom is 0.261 e. The van der Waals surface area contributed by atoms with Gasteiger partial charge in [0.15, 0.2) is 6.61 Å². The van der Waals surface area contributed by atoms with Gasteiger partial charge >= 0.3 is 0 Å². The average Bonchev–Trinajstić information content (AvgIpc) is 2.81. The first-order valence-corrected chi connectivity index (χ1v) is 10.8. The van der Waals surface area contributed by atoms with E-state index in [4.69, 9.17) is 14.2 Å². The summed E-state index contributed by atoms with van der Waals surface area (Å²) in [5.41, 5.74) is 2.03. The molecule has 7 heteroatoms. The zero-order chi connectivity index (χ0) is 23.7. The number of ether oxygens (including phenoxy) is 3. The van der Waals surface area contributed by atoms with Crippen LogP contribution in [0.5, 0.6) is 17.2 Å². The van der Waals surface area contributed by atoms with Gasteiger partial charge in [-0.25, -0.2) is 0 Å². The lowest BCUT2D eigenvalue weighted by Crippen LogP contribution is -2.50. The monoisotopic (exact) mass is 442 g/mol. The Labute approximate surface area is 190 Å². The van der Waals surface area contributed by atoms with Crippen LogP contribution < -0.4 is 19.5 Å². The molecule has 0 spiro atoms. The zero-order valence-electron chi connectivity index (χ0n) is 19.8. The third-order valence-electron chi connectivity index (χ3n) is 5.46. The van der Waals surface area contributed by atoms with E-state index in [1.807, 2.05) is 45.0 Å². The molecule has 174 valence electrons. The molecule has 0 fully saturated rings. The summed E-state index contributed by atoms with van der Waals surface area (Å²) in [7, 11) is 3.09. The number of nitrogens with zero attached hydrogens (tertiary/aromatic N) is 1. The number of amides is 2. The zero-order valence-corrected chi connectivity index (χ0v) is 19.8. The van der Waals surface area contributed by atoms with Gasteiger partial charge in [0, 0.05) is 30.8 Å². The predicted octanol–water partition coefficient (Wildman–Crippen LogP) is 3.72. The second-order valence-electron chi connectivity index (χ2n) is 7.78. The van der Waals surface area contributed by atoms with Crippen molar-refractivity contribution in [3.05, 3.63) is 53.6 Å². The summed E-state index contributed by atoms with van der Waals surface area (Å²) in [6.07, 6.45) is 0.810. The fourth-order valence-corrected chi connectivity index (χ4v) is 3.11. The molecule has 0 aliphatic carbocycles. The molecule has 2 amide bonds. The van der Waals surface area contributed by atoms with E-state index in [0.29, 0.717) is 23.8 Å². The smallest absolute Gasteiger partial charge is 0.261 e. The Balaban J connectivity index is 2.21. The Morgan fingerprint density at radius 2 is 1.59 bits per heavy atom. The van der Waals surface area contributed by atoms with Crippen molar-refractivity contribution in [3.63, 3.8) is 0 Å². The summed E-state index contributed by atoms with van der Waals surface area (Å²) in [4.78, 5) is 27.5. The van der Waals surface area contributed by atoms with Gasteiger partial charge in [-0.2, -0.15) is 0 Å². The van der Waals surface area contributed by atoms with Crippen LogP contribution in [0.4, 0.5) is 0 Å². The van der Waals surface area contributed by atoms with Crippen LogP contribution in [0.3, 0.4) is 0 Å². The number of hydrogen-bond donors (Lipinski definition) is 1. The quantitative estimate of drug-likeness (QED) is 0.574. The number of aryl methyl sites for hydroxylation is 1. The predicted molar refractivity (Wildman–Crippen MR) is 124 cm³/mol. The van der Waals surface area contributed by atoms with Crippen molar-refractivity contribution in [2.45, 2.75) is 52.7 Å². The number of nitrogens with one attached hydrogen (secondary N) is 1. The minimum atomic E-state index is -0.653. The number of rotatable bonds is 11. The molecule has 2 atom stereocenters. The fraction of sp³-hybridized carbons (Fsp3) is 0.440. The second-order valence-corrected chi connectivity index (χ2v) is 7.78. The Hall–Kier alpha value is -3.22. The van der Waals surface area contributed by atoms with E-state index in [1.54, 1.807) is 44.2 Å². The van der Waals surface area contributed by atoms with E-state index in [9.17, 15) is 9.59 Å². The van der Waals surface area contributed by atoms with Crippen LogP contribution in [0.15, 0.2) is 42.5 Å². The molecular weight excluding hydrogens is 408 g/mol. The molecule has 0 radical (unpaired) electrons. The van der Waals surface area contributed by atoms with Crippen molar-refractivity contribution >= 4 is 11.8 Å². The highest BCUT2D eigenvalue weighted by Crippen LogP contribution is 2.27. The summed E-state index contributed by atoms with van der Waals surface area (Å²) >= 11 is 0. The van der Waals surface area contributed by atoms with Gasteiger partial charge in [-0.1, -0.05) is 31.2 Å². The SMILES string of the molecule is CC[C@@H](C)NC(=O)[C@H](C)N(Cc1ccccc1C)C(=O)COc1cc(OC)cc(OC)c1. The van der Waals surface area contributed by atoms with Crippen LogP contribution in [-0.4, -0.2) is 49.6 Å². The van der Waals surface area contributed by atoms with Gasteiger partial charge in [-0.05, 0) is 38.3 Å². The largest absolute Gasteiger partial charge is 0.496 e. The summed E-state index contributed by atoms with van der Waals surface area (Å²) < 4.78 is 16.3. The summed E-state index contributed by atoms with van der Waals surface area (Å²) in [5, 5.41) is 2.96. The third kappa shape index (κ3) is 6.90. The lowest BCUT2D eigenvalue weighted by Gasteiger charge is -2.30. The Morgan fingerprint density at radius 1 is 1.00 bits per heavy atom. The van der Waals surface area contributed by atoms with E-state index in [0.717, 1.165) is 17.5 Å². The van der Waals surface area contributed by atoms with Gasteiger partial charge < -0.3 is 24.4 Å². The Morgan fingerprint density at radius 3 is 2.16 bits per heavy atom. The van der Waals surface area contributed by atoms with Gasteiger partial charge in [-0.3, -0.25) is 9.59 Å². The first-order valence-electron chi connectivity index (χ1n) is 10.8. The molecule has 0 aliphatic heterocycles. The first kappa shape index (κ1) is 25.0. The number of carbonyl (C=O) groups excluding carboxylic acids is 2. The van der Waals surface area contributed by atoms with Gasteiger partial charge in [0.2, 0.25) is 5.91 Å². The van der Waals surface area contributed by atoms with Crippen molar-refractivity contribution in [1.82, 2.24) is 10.2 Å². The van der Waals surface area contributed by atoms with Crippen molar-refractivity contribution in [1.29, 1.82) is 0 Å². The molecule has 0 heterocycles. The Kier molecular flexibility index (Phi) is 9.38. The van der Waals surface area contributed by atoms with Crippen LogP contribution in [-0.2, 0) is 16.1 Å². The molecule has 0 saturated heterocycles. The van der Waals surface area contributed by atoms with Gasteiger partial charge in [-0.15, -0.1) is 0 Å². The van der Waals surface area contributed by atoms with Crippen molar-refractivity contribution < 1.29 is 23.8 Å². The maximum absolute atomic E-state index is 13.2. The van der Waals surface area contributed by atoms with E-state index < -0.39 is 6.04 Å². The standard InChI is InChI=1S/C25H34N2O5/c1-7-18(3)26-25(29)19(4)27(15-20-11-9-8-10-17(20)2)24(28)16-32-23-13-21(30-5)12-22(14-23)31-6/h8-14,18-19H,7,15-16H2,1-6H3,(H,26,29)/t18-,19+/m1/s1. The lowest BCUT2D eigenvalue weighted by molar-refractivity contribution is -0.142. The van der Waals surface area contributed by atoms with E-state index in [2.05, 4.69) is 5.32 Å². The van der Waals surface area contributed by atoms with Crippen LogP contribution >= 0.6 is 0 Å². The van der Waals surface area contributed by atoms with E-state index in [1.165, 1.54) is 0 Å². The van der Waals surface area contributed by atoms with Gasteiger partial charge in [0.1, 0.15) is 23.3 Å². The molecule has 1 N–H and O–H groups in total. The topological polar surface area (TPSA) is 77.1 Å². The molecule has 0 saturated carbocycles. The minimum absolute atomic E-state index is 0.0286. The van der Waals surface area contributed by atoms with E-state index >= 15 is 0 Å². The maximum atomic E-state index is 13.2. The molecule has 2 aromatic rings. The van der Waals surface area contributed by atoms with Crippen molar-refractivity contribution in [2.24, 2.45) is 0 Å². The third-order valence-corrected chi connectivity index (χ3v) is 5.46. The summed E-state index contributed by atoms with van der Waals surface area (Å²) in [6.45, 7) is 7.76. The summed E-state index contributed by atoms with van der Waals surface area (Å²) in [6, 6.07) is 12.3. The van der Waals surface area contributed by atoms with Crippen LogP contribution in [0.25, 0.3) is 0 Å². The molecule has 7 nitrogen and oxygen atoms in total. The minimum Gasteiger partial charge on any atom is -0.496 e. The first-order chi connectivity index (χ1) is 15.3. The van der Waals surface area contributed by atoms with Crippen molar-refractivity contribution in [3.8, 4) is 17.2 Å². The number of methoxy groups -OCH3 is 2. The second kappa shape index (κ2) is 12.0. The molecule has 0 bridgehead atoms. The summed E-state index contributed by atoms with van der Waals surface area (Å²) in [5.74, 6) is 1.09. The fourth-order valence-electron chi connectivity index (χ4n) is 3.11. The van der Waals surface area contributed by atoms with Crippen LogP contribution in [0.2, 0.25) is 0 Å².